The Morgan fingerprint density at radius 1 is 1.04 bits per heavy atom. The summed E-state index contributed by atoms with van der Waals surface area (Å²) in [6.07, 6.45) is 2.21. The molecular formula is C24H30NOSi+. The minimum absolute atomic E-state index is 0.476. The molecule has 0 fully saturated rings. The monoisotopic (exact) mass is 376 g/mol. The lowest BCUT2D eigenvalue weighted by atomic mass is 9.88. The molecule has 0 N–H and O–H groups in total. The second-order valence-electron chi connectivity index (χ2n) is 9.34. The number of hydrogen-bond acceptors (Lipinski definition) is 1. The molecule has 0 saturated heterocycles. The van der Waals surface area contributed by atoms with Crippen LogP contribution in [0.25, 0.3) is 22.0 Å². The van der Waals surface area contributed by atoms with Crippen LogP contribution in [0.3, 0.4) is 0 Å². The molecule has 3 heteroatoms. The van der Waals surface area contributed by atoms with Crippen molar-refractivity contribution < 1.29 is 9.30 Å². The fourth-order valence-electron chi connectivity index (χ4n) is 4.19. The Labute approximate surface area is 163 Å². The number of aryl methyl sites for hydroxylation is 2. The summed E-state index contributed by atoms with van der Waals surface area (Å²) in [5.41, 5.74) is 6.61. The van der Waals surface area contributed by atoms with Crippen LogP contribution in [-0.4, -0.2) is 8.07 Å². The van der Waals surface area contributed by atoms with Crippen molar-refractivity contribution in [3.05, 3.63) is 47.2 Å². The molecule has 1 aliphatic heterocycles. The van der Waals surface area contributed by atoms with E-state index in [4.69, 9.17) is 4.74 Å². The zero-order valence-corrected chi connectivity index (χ0v) is 18.8. The first-order chi connectivity index (χ1) is 12.6. The van der Waals surface area contributed by atoms with Crippen molar-refractivity contribution in [2.24, 2.45) is 7.05 Å². The van der Waals surface area contributed by atoms with Gasteiger partial charge in [0, 0.05) is 11.5 Å². The minimum Gasteiger partial charge on any atom is -0.450 e. The zero-order chi connectivity index (χ0) is 19.7. The highest BCUT2D eigenvalue weighted by Gasteiger charge is 2.35. The summed E-state index contributed by atoms with van der Waals surface area (Å²) in [6.45, 7) is 16.2. The number of rotatable bonds is 2. The summed E-state index contributed by atoms with van der Waals surface area (Å²) in [5, 5.41) is 3.95. The Morgan fingerprint density at radius 2 is 1.74 bits per heavy atom. The SMILES string of the molecule is Cc1cc2cc(C(C)C)cc3c2c(c1C)-c1c(c([Si](C)(C)C)cc[n+]1C)O3. The van der Waals surface area contributed by atoms with Crippen LogP contribution in [0.4, 0.5) is 0 Å². The molecule has 0 bridgehead atoms. The molecule has 0 saturated carbocycles. The Morgan fingerprint density at radius 3 is 2.37 bits per heavy atom. The van der Waals surface area contributed by atoms with E-state index < -0.39 is 8.07 Å². The number of aromatic nitrogens is 1. The highest BCUT2D eigenvalue weighted by molar-refractivity contribution is 6.89. The van der Waals surface area contributed by atoms with Crippen LogP contribution < -0.4 is 14.5 Å². The van der Waals surface area contributed by atoms with Crippen molar-refractivity contribution in [3.8, 4) is 22.8 Å². The predicted octanol–water partition coefficient (Wildman–Crippen LogP) is 5.72. The summed E-state index contributed by atoms with van der Waals surface area (Å²) < 4.78 is 8.92. The number of fused-ring (bicyclic) bond motifs is 2. The molecular weight excluding hydrogens is 346 g/mol. The molecule has 0 amide bonds. The average molecular weight is 377 g/mol. The molecule has 1 aromatic heterocycles. The number of nitrogens with zero attached hydrogens (tertiary/aromatic N) is 1. The van der Waals surface area contributed by atoms with Crippen molar-refractivity contribution in [1.29, 1.82) is 0 Å². The first kappa shape index (κ1) is 18.2. The van der Waals surface area contributed by atoms with Gasteiger partial charge in [-0.2, -0.15) is 4.57 Å². The molecule has 2 heterocycles. The van der Waals surface area contributed by atoms with Crippen LogP contribution in [0.1, 0.15) is 36.5 Å². The predicted molar refractivity (Wildman–Crippen MR) is 117 cm³/mol. The normalized spacial score (nSPS) is 13.1. The van der Waals surface area contributed by atoms with Gasteiger partial charge in [-0.3, -0.25) is 0 Å². The maximum absolute atomic E-state index is 6.69. The van der Waals surface area contributed by atoms with Gasteiger partial charge in [-0.25, -0.2) is 0 Å². The molecule has 0 spiro atoms. The van der Waals surface area contributed by atoms with Crippen molar-refractivity contribution >= 4 is 24.0 Å². The standard InChI is InChI=1S/C24H30NOSi/c1-14(2)17-12-18-11-15(3)16(4)21-22(18)19(13-17)26-24-20(27(6,7)8)9-10-25(5)23(21)24/h9-14H,1-8H3/q+1. The minimum atomic E-state index is -1.54. The van der Waals surface area contributed by atoms with E-state index >= 15 is 0 Å². The van der Waals surface area contributed by atoms with Crippen molar-refractivity contribution in [2.45, 2.75) is 53.3 Å². The second kappa shape index (κ2) is 5.93. The quantitative estimate of drug-likeness (QED) is 0.322. The van der Waals surface area contributed by atoms with Crippen LogP contribution in [0, 0.1) is 13.8 Å². The molecule has 0 unspecified atom stereocenters. The summed E-state index contributed by atoms with van der Waals surface area (Å²) >= 11 is 0. The van der Waals surface area contributed by atoms with Crippen molar-refractivity contribution in [1.82, 2.24) is 0 Å². The van der Waals surface area contributed by atoms with Crippen LogP contribution in [0.5, 0.6) is 11.5 Å². The first-order valence-corrected chi connectivity index (χ1v) is 13.4. The third-order valence-corrected chi connectivity index (χ3v) is 7.95. The molecule has 0 aliphatic carbocycles. The van der Waals surface area contributed by atoms with E-state index in [1.165, 1.54) is 43.9 Å². The largest absolute Gasteiger partial charge is 0.450 e. The van der Waals surface area contributed by atoms with Crippen LogP contribution in [-0.2, 0) is 7.05 Å². The first-order valence-electron chi connectivity index (χ1n) is 9.88. The summed E-state index contributed by atoms with van der Waals surface area (Å²) in [6, 6.07) is 9.19. The average Bonchev–Trinajstić information content (AvgIpc) is 2.57. The smallest absolute Gasteiger partial charge is 0.256 e. The van der Waals surface area contributed by atoms with E-state index in [9.17, 15) is 0 Å². The van der Waals surface area contributed by atoms with E-state index in [-0.39, 0.29) is 0 Å². The second-order valence-corrected chi connectivity index (χ2v) is 14.4. The van der Waals surface area contributed by atoms with Gasteiger partial charge in [0.2, 0.25) is 0 Å². The Bertz CT molecular complexity index is 1090. The lowest BCUT2D eigenvalue weighted by Crippen LogP contribution is -2.43. The van der Waals surface area contributed by atoms with Gasteiger partial charge in [0.15, 0.2) is 11.9 Å². The van der Waals surface area contributed by atoms with Gasteiger partial charge in [-0.1, -0.05) is 45.6 Å². The molecule has 27 heavy (non-hydrogen) atoms. The van der Waals surface area contributed by atoms with Gasteiger partial charge in [0.1, 0.15) is 12.8 Å². The van der Waals surface area contributed by atoms with Gasteiger partial charge in [0.05, 0.1) is 13.6 Å². The summed E-state index contributed by atoms with van der Waals surface area (Å²) in [7, 11) is 0.591. The Kier molecular flexibility index (Phi) is 4.01. The number of hydrogen-bond donors (Lipinski definition) is 0. The topological polar surface area (TPSA) is 13.1 Å². The summed E-state index contributed by atoms with van der Waals surface area (Å²) in [5.74, 6) is 2.57. The molecule has 2 nitrogen and oxygen atoms in total. The summed E-state index contributed by atoms with van der Waals surface area (Å²) in [4.78, 5) is 0. The van der Waals surface area contributed by atoms with E-state index in [1.807, 2.05) is 0 Å². The Hall–Kier alpha value is -2.13. The molecule has 4 rings (SSSR count). The molecule has 2 aromatic carbocycles. The highest BCUT2D eigenvalue weighted by Crippen LogP contribution is 2.48. The van der Waals surface area contributed by atoms with Crippen LogP contribution in [0.15, 0.2) is 30.5 Å². The molecule has 0 atom stereocenters. The van der Waals surface area contributed by atoms with Crippen molar-refractivity contribution in [2.75, 3.05) is 0 Å². The van der Waals surface area contributed by atoms with E-state index in [0.29, 0.717) is 5.92 Å². The molecule has 0 radical (unpaired) electrons. The van der Waals surface area contributed by atoms with E-state index in [0.717, 1.165) is 11.5 Å². The fraction of sp³-hybridized carbons (Fsp3) is 0.375. The Balaban J connectivity index is 2.19. The van der Waals surface area contributed by atoms with Gasteiger partial charge in [-0.05, 0) is 53.1 Å². The van der Waals surface area contributed by atoms with Gasteiger partial charge < -0.3 is 4.74 Å². The maximum atomic E-state index is 6.69. The third kappa shape index (κ3) is 2.71. The highest BCUT2D eigenvalue weighted by atomic mass is 28.3. The fourth-order valence-corrected chi connectivity index (χ4v) is 5.62. The maximum Gasteiger partial charge on any atom is 0.256 e. The van der Waals surface area contributed by atoms with Gasteiger partial charge in [0.25, 0.3) is 5.69 Å². The van der Waals surface area contributed by atoms with Gasteiger partial charge in [-0.15, -0.1) is 0 Å². The zero-order valence-electron chi connectivity index (χ0n) is 17.8. The number of benzene rings is 2. The third-order valence-electron chi connectivity index (χ3n) is 5.94. The molecule has 3 aromatic rings. The number of ether oxygens (including phenoxy) is 1. The number of pyridine rings is 1. The van der Waals surface area contributed by atoms with Gasteiger partial charge >= 0.3 is 0 Å². The molecule has 140 valence electrons. The lowest BCUT2D eigenvalue weighted by Gasteiger charge is -2.27. The van der Waals surface area contributed by atoms with Crippen LogP contribution in [0.2, 0.25) is 19.6 Å². The van der Waals surface area contributed by atoms with E-state index in [2.05, 4.69) is 89.4 Å². The molecule has 1 aliphatic rings. The lowest BCUT2D eigenvalue weighted by molar-refractivity contribution is -0.660. The van der Waals surface area contributed by atoms with Crippen molar-refractivity contribution in [3.63, 3.8) is 0 Å². The van der Waals surface area contributed by atoms with Crippen LogP contribution >= 0.6 is 0 Å². The van der Waals surface area contributed by atoms with E-state index in [1.54, 1.807) is 0 Å².